The van der Waals surface area contributed by atoms with Gasteiger partial charge in [0.2, 0.25) is 0 Å². The van der Waals surface area contributed by atoms with Crippen molar-refractivity contribution >= 4 is 11.3 Å². The zero-order valence-corrected chi connectivity index (χ0v) is 8.46. The summed E-state index contributed by atoms with van der Waals surface area (Å²) in [5, 5.41) is 2.94. The minimum atomic E-state index is -0.0371. The molecule has 1 saturated heterocycles. The maximum atomic E-state index is 6.03. The molecule has 0 amide bonds. The highest BCUT2D eigenvalue weighted by molar-refractivity contribution is 7.09. The van der Waals surface area contributed by atoms with Crippen LogP contribution in [0.25, 0.3) is 0 Å². The van der Waals surface area contributed by atoms with E-state index in [4.69, 9.17) is 10.5 Å². The van der Waals surface area contributed by atoms with Gasteiger partial charge in [-0.2, -0.15) is 0 Å². The van der Waals surface area contributed by atoms with Gasteiger partial charge in [-0.3, -0.25) is 0 Å². The first kappa shape index (κ1) is 9.12. The highest BCUT2D eigenvalue weighted by Crippen LogP contribution is 2.28. The molecule has 13 heavy (non-hydrogen) atoms. The number of nitrogens with zero attached hydrogens (tertiary/aromatic N) is 1. The zero-order valence-electron chi connectivity index (χ0n) is 7.64. The molecule has 3 atom stereocenters. The minimum Gasteiger partial charge on any atom is -0.373 e. The van der Waals surface area contributed by atoms with Gasteiger partial charge in [-0.1, -0.05) is 0 Å². The van der Waals surface area contributed by atoms with Gasteiger partial charge in [0.15, 0.2) is 0 Å². The Morgan fingerprint density at radius 3 is 3.08 bits per heavy atom. The van der Waals surface area contributed by atoms with Gasteiger partial charge in [0.05, 0.1) is 18.2 Å². The number of hydrogen-bond donors (Lipinski definition) is 1. The van der Waals surface area contributed by atoms with Crippen LogP contribution in [0.1, 0.15) is 30.8 Å². The molecule has 0 saturated carbocycles. The normalized spacial score (nSPS) is 30.6. The summed E-state index contributed by atoms with van der Waals surface area (Å²) in [6.07, 6.45) is 4.49. The van der Waals surface area contributed by atoms with Gasteiger partial charge in [0.25, 0.3) is 0 Å². The summed E-state index contributed by atoms with van der Waals surface area (Å²) in [7, 11) is 0. The van der Waals surface area contributed by atoms with Crippen LogP contribution in [-0.4, -0.2) is 17.2 Å². The van der Waals surface area contributed by atoms with Crippen LogP contribution < -0.4 is 5.73 Å². The van der Waals surface area contributed by atoms with Crippen LogP contribution in [0.15, 0.2) is 11.6 Å². The van der Waals surface area contributed by atoms with Gasteiger partial charge in [-0.15, -0.1) is 11.3 Å². The quantitative estimate of drug-likeness (QED) is 0.787. The Balaban J connectivity index is 2.02. The fourth-order valence-corrected chi connectivity index (χ4v) is 2.35. The number of aromatic nitrogens is 1. The van der Waals surface area contributed by atoms with Gasteiger partial charge in [0.1, 0.15) is 5.01 Å². The van der Waals surface area contributed by atoms with Crippen molar-refractivity contribution in [3.8, 4) is 0 Å². The number of ether oxygens (including phenoxy) is 1. The molecule has 0 radical (unpaired) electrons. The van der Waals surface area contributed by atoms with Crippen LogP contribution in [0.3, 0.4) is 0 Å². The van der Waals surface area contributed by atoms with Gasteiger partial charge < -0.3 is 10.5 Å². The van der Waals surface area contributed by atoms with Crippen LogP contribution >= 0.6 is 11.3 Å². The Morgan fingerprint density at radius 1 is 1.69 bits per heavy atom. The molecule has 2 rings (SSSR count). The van der Waals surface area contributed by atoms with Crippen molar-refractivity contribution in [2.24, 2.45) is 5.73 Å². The summed E-state index contributed by atoms with van der Waals surface area (Å²) >= 11 is 1.60. The fourth-order valence-electron chi connectivity index (χ4n) is 1.66. The molecule has 4 heteroatoms. The second-order valence-corrected chi connectivity index (χ2v) is 4.38. The van der Waals surface area contributed by atoms with E-state index in [1.165, 1.54) is 0 Å². The molecule has 72 valence electrons. The van der Waals surface area contributed by atoms with Gasteiger partial charge in [0, 0.05) is 11.6 Å². The van der Waals surface area contributed by atoms with Crippen LogP contribution in [0, 0.1) is 0 Å². The van der Waals surface area contributed by atoms with Crippen molar-refractivity contribution in [2.45, 2.75) is 38.0 Å². The zero-order chi connectivity index (χ0) is 9.26. The minimum absolute atomic E-state index is 0.0371. The van der Waals surface area contributed by atoms with Crippen molar-refractivity contribution < 1.29 is 4.74 Å². The summed E-state index contributed by atoms with van der Waals surface area (Å²) in [5.74, 6) is 0. The Hall–Kier alpha value is -0.450. The summed E-state index contributed by atoms with van der Waals surface area (Å²) in [4.78, 5) is 4.20. The van der Waals surface area contributed by atoms with Crippen molar-refractivity contribution in [2.75, 3.05) is 0 Å². The van der Waals surface area contributed by atoms with E-state index < -0.39 is 0 Å². The Kier molecular flexibility index (Phi) is 2.62. The summed E-state index contributed by atoms with van der Waals surface area (Å²) < 4.78 is 5.69. The third-order valence-electron chi connectivity index (χ3n) is 2.40. The molecule has 0 bridgehead atoms. The maximum Gasteiger partial charge on any atom is 0.112 e. The predicted octanol–water partition coefficient (Wildman–Crippen LogP) is 1.71. The molecule has 0 aliphatic carbocycles. The fraction of sp³-hybridized carbons (Fsp3) is 0.667. The van der Waals surface area contributed by atoms with Crippen molar-refractivity contribution in [1.82, 2.24) is 4.98 Å². The third kappa shape index (κ3) is 1.90. The highest BCUT2D eigenvalue weighted by atomic mass is 32.1. The average molecular weight is 198 g/mol. The molecule has 2 N–H and O–H groups in total. The largest absolute Gasteiger partial charge is 0.373 e. The Labute approximate surface area is 81.9 Å². The first-order chi connectivity index (χ1) is 6.27. The molecular formula is C9H14N2OS. The molecule has 0 spiro atoms. The number of hydrogen-bond acceptors (Lipinski definition) is 4. The number of rotatable bonds is 2. The van der Waals surface area contributed by atoms with Crippen LogP contribution in [-0.2, 0) is 4.74 Å². The van der Waals surface area contributed by atoms with Crippen molar-refractivity contribution in [1.29, 1.82) is 0 Å². The lowest BCUT2D eigenvalue weighted by Crippen LogP contribution is -2.26. The topological polar surface area (TPSA) is 48.1 Å². The highest BCUT2D eigenvalue weighted by Gasteiger charge is 2.29. The van der Waals surface area contributed by atoms with Gasteiger partial charge >= 0.3 is 0 Å². The number of nitrogens with two attached hydrogens (primary N) is 1. The maximum absolute atomic E-state index is 6.03. The lowest BCUT2D eigenvalue weighted by Gasteiger charge is -2.16. The number of thiazole rings is 1. The van der Waals surface area contributed by atoms with Gasteiger partial charge in [-0.05, 0) is 19.8 Å². The second kappa shape index (κ2) is 3.74. The predicted molar refractivity (Wildman–Crippen MR) is 52.6 cm³/mol. The molecule has 2 heterocycles. The van der Waals surface area contributed by atoms with E-state index in [0.29, 0.717) is 6.10 Å². The van der Waals surface area contributed by atoms with Crippen molar-refractivity contribution in [3.05, 3.63) is 16.6 Å². The monoisotopic (exact) mass is 198 g/mol. The Bertz CT molecular complexity index is 263. The molecule has 1 fully saturated rings. The molecule has 3 nitrogen and oxygen atoms in total. The SMILES string of the molecule is CC1CCC(C(N)c2nccs2)O1. The standard InChI is InChI=1S/C9H14N2OS/c1-6-2-3-7(12-6)8(10)9-11-4-5-13-9/h4-8H,2-3,10H2,1H3. The lowest BCUT2D eigenvalue weighted by molar-refractivity contribution is 0.0401. The van der Waals surface area contributed by atoms with E-state index in [9.17, 15) is 0 Å². The smallest absolute Gasteiger partial charge is 0.112 e. The first-order valence-electron chi connectivity index (χ1n) is 4.58. The van der Waals surface area contributed by atoms with E-state index in [2.05, 4.69) is 11.9 Å². The molecule has 3 unspecified atom stereocenters. The molecule has 1 aliphatic heterocycles. The summed E-state index contributed by atoms with van der Waals surface area (Å²) in [5.41, 5.74) is 6.03. The van der Waals surface area contributed by atoms with Crippen LogP contribution in [0.2, 0.25) is 0 Å². The first-order valence-corrected chi connectivity index (χ1v) is 5.46. The van der Waals surface area contributed by atoms with E-state index in [-0.39, 0.29) is 12.1 Å². The lowest BCUT2D eigenvalue weighted by atomic mass is 10.1. The second-order valence-electron chi connectivity index (χ2n) is 3.46. The average Bonchev–Trinajstić information content (AvgIpc) is 2.72. The molecular weight excluding hydrogens is 184 g/mol. The molecule has 0 aromatic carbocycles. The van der Waals surface area contributed by atoms with E-state index >= 15 is 0 Å². The van der Waals surface area contributed by atoms with Crippen molar-refractivity contribution in [3.63, 3.8) is 0 Å². The third-order valence-corrected chi connectivity index (χ3v) is 3.28. The molecule has 1 aliphatic rings. The molecule has 1 aromatic rings. The Morgan fingerprint density at radius 2 is 2.54 bits per heavy atom. The van der Waals surface area contributed by atoms with E-state index in [1.54, 1.807) is 17.5 Å². The summed E-state index contributed by atoms with van der Waals surface area (Å²) in [6.45, 7) is 2.09. The van der Waals surface area contributed by atoms with E-state index in [1.807, 2.05) is 5.38 Å². The van der Waals surface area contributed by atoms with E-state index in [0.717, 1.165) is 17.8 Å². The molecule has 1 aromatic heterocycles. The van der Waals surface area contributed by atoms with Gasteiger partial charge in [-0.25, -0.2) is 4.98 Å². The summed E-state index contributed by atoms with van der Waals surface area (Å²) in [6, 6.07) is -0.0371. The van der Waals surface area contributed by atoms with Crippen LogP contribution in [0.4, 0.5) is 0 Å². The van der Waals surface area contributed by atoms with Crippen LogP contribution in [0.5, 0.6) is 0 Å².